The zero-order valence-electron chi connectivity index (χ0n) is 7.34. The monoisotopic (exact) mass is 216 g/mol. The molecule has 1 aromatic rings. The van der Waals surface area contributed by atoms with Crippen molar-refractivity contribution in [2.75, 3.05) is 6.79 Å². The molecule has 1 aromatic carbocycles. The molecule has 80 valence electrons. The van der Waals surface area contributed by atoms with E-state index in [4.69, 9.17) is 20.0 Å². The van der Waals surface area contributed by atoms with Crippen LogP contribution in [0.25, 0.3) is 0 Å². The van der Waals surface area contributed by atoms with E-state index in [1.165, 1.54) is 12.1 Å². The highest BCUT2D eigenvalue weighted by Crippen LogP contribution is 2.33. The highest BCUT2D eigenvalue weighted by molar-refractivity contribution is 6.60. The van der Waals surface area contributed by atoms with Gasteiger partial charge < -0.3 is 9.47 Å². The first-order chi connectivity index (χ1) is 7.27. The lowest BCUT2D eigenvalue weighted by Crippen LogP contribution is -2.37. The molecular weight excluding hydrogens is 210 g/mol. The first-order valence-electron chi connectivity index (χ1n) is 3.96. The summed E-state index contributed by atoms with van der Waals surface area (Å²) in [4.78, 5) is 7.44. The Morgan fingerprint density at radius 1 is 1.27 bits per heavy atom. The summed E-state index contributed by atoms with van der Waals surface area (Å²) in [6.45, 7) is -0.0830. The summed E-state index contributed by atoms with van der Waals surface area (Å²) >= 11 is 0. The van der Waals surface area contributed by atoms with Gasteiger partial charge in [0.15, 0.2) is 11.6 Å². The molecule has 8 heteroatoms. The van der Waals surface area contributed by atoms with Gasteiger partial charge in [-0.3, -0.25) is 20.1 Å². The van der Waals surface area contributed by atoms with Crippen molar-refractivity contribution in [1.82, 2.24) is 0 Å². The molecule has 0 aliphatic carbocycles. The van der Waals surface area contributed by atoms with Gasteiger partial charge in [0.1, 0.15) is 0 Å². The average molecular weight is 216 g/mol. The molecule has 0 radical (unpaired) electrons. The Bertz CT molecular complexity index is 369. The van der Waals surface area contributed by atoms with Crippen LogP contribution in [-0.2, 0) is 9.61 Å². The minimum atomic E-state index is -1.63. The lowest BCUT2D eigenvalue weighted by atomic mass is 9.79. The first kappa shape index (κ1) is 10.2. The third-order valence-electron chi connectivity index (χ3n) is 1.95. The van der Waals surface area contributed by atoms with E-state index in [0.717, 1.165) is 0 Å². The van der Waals surface area contributed by atoms with E-state index in [2.05, 4.69) is 9.61 Å². The van der Waals surface area contributed by atoms with Crippen molar-refractivity contribution in [2.24, 2.45) is 0 Å². The number of hydrogen-bond donors (Lipinski definition) is 2. The zero-order chi connectivity index (χ0) is 10.8. The maximum Gasteiger partial charge on any atom is 0.557 e. The summed E-state index contributed by atoms with van der Waals surface area (Å²) in [6.07, 6.45) is 0. The summed E-state index contributed by atoms with van der Waals surface area (Å²) in [5.74, 6) is -0.685. The molecule has 15 heavy (non-hydrogen) atoms. The van der Waals surface area contributed by atoms with Crippen LogP contribution in [0.15, 0.2) is 12.1 Å². The predicted octanol–water partition coefficient (Wildman–Crippen LogP) is 0.229. The van der Waals surface area contributed by atoms with Crippen molar-refractivity contribution < 1.29 is 34.0 Å². The fourth-order valence-corrected chi connectivity index (χ4v) is 1.27. The van der Waals surface area contributed by atoms with Crippen molar-refractivity contribution >= 4 is 12.6 Å². The molecular formula is C7H6BFO6. The molecule has 0 aromatic heterocycles. The molecule has 0 saturated heterocycles. The van der Waals surface area contributed by atoms with Crippen LogP contribution >= 0.6 is 0 Å². The van der Waals surface area contributed by atoms with Gasteiger partial charge in [-0.15, -0.1) is 0 Å². The summed E-state index contributed by atoms with van der Waals surface area (Å²) < 4.78 is 23.4. The van der Waals surface area contributed by atoms with E-state index < -0.39 is 12.9 Å². The molecule has 0 saturated carbocycles. The predicted molar refractivity (Wildman–Crippen MR) is 45.3 cm³/mol. The molecule has 2 N–H and O–H groups in total. The van der Waals surface area contributed by atoms with Gasteiger partial charge >= 0.3 is 7.12 Å². The molecule has 2 rings (SSSR count). The smallest absolute Gasteiger partial charge is 0.453 e. The van der Waals surface area contributed by atoms with E-state index in [-0.39, 0.29) is 23.8 Å². The molecule has 1 heterocycles. The highest BCUT2D eigenvalue weighted by Gasteiger charge is 2.31. The van der Waals surface area contributed by atoms with E-state index in [1.807, 2.05) is 0 Å². The van der Waals surface area contributed by atoms with Gasteiger partial charge in [-0.1, -0.05) is 6.07 Å². The number of ether oxygens (including phenoxy) is 2. The van der Waals surface area contributed by atoms with Crippen LogP contribution in [0.3, 0.4) is 0 Å². The maximum atomic E-state index is 13.6. The second-order valence-electron chi connectivity index (χ2n) is 2.75. The Balaban J connectivity index is 2.41. The van der Waals surface area contributed by atoms with Gasteiger partial charge in [-0.2, -0.15) is 0 Å². The number of hydrogen-bond acceptors (Lipinski definition) is 6. The number of rotatable bonds is 3. The van der Waals surface area contributed by atoms with Gasteiger partial charge in [-0.25, -0.2) is 4.39 Å². The normalized spacial score (nSPS) is 13.0. The Labute approximate surface area is 83.7 Å². The van der Waals surface area contributed by atoms with E-state index >= 15 is 0 Å². The van der Waals surface area contributed by atoms with E-state index in [1.54, 1.807) is 0 Å². The van der Waals surface area contributed by atoms with Crippen molar-refractivity contribution in [1.29, 1.82) is 0 Å². The molecule has 6 nitrogen and oxygen atoms in total. The largest absolute Gasteiger partial charge is 0.557 e. The van der Waals surface area contributed by atoms with Gasteiger partial charge in [0, 0.05) is 5.46 Å². The Morgan fingerprint density at radius 3 is 2.67 bits per heavy atom. The molecule has 1 aliphatic rings. The second-order valence-corrected chi connectivity index (χ2v) is 2.75. The Hall–Kier alpha value is -1.35. The van der Waals surface area contributed by atoms with Crippen LogP contribution in [0.2, 0.25) is 0 Å². The molecule has 0 atom stereocenters. The van der Waals surface area contributed by atoms with Crippen molar-refractivity contribution in [3.05, 3.63) is 17.9 Å². The summed E-state index contributed by atoms with van der Waals surface area (Å²) in [7, 11) is -1.63. The summed E-state index contributed by atoms with van der Waals surface area (Å²) in [5, 5.41) is 16.7. The number of fused-ring (bicyclic) bond motifs is 1. The lowest BCUT2D eigenvalue weighted by molar-refractivity contribution is -0.221. The third-order valence-corrected chi connectivity index (χ3v) is 1.95. The number of halogens is 1. The molecule has 0 fully saturated rings. The van der Waals surface area contributed by atoms with Crippen molar-refractivity contribution in [3.63, 3.8) is 0 Å². The van der Waals surface area contributed by atoms with Crippen LogP contribution in [0.4, 0.5) is 4.39 Å². The van der Waals surface area contributed by atoms with Gasteiger partial charge in [0.25, 0.3) is 0 Å². The molecule has 1 aliphatic heterocycles. The van der Waals surface area contributed by atoms with Crippen molar-refractivity contribution in [3.8, 4) is 11.5 Å². The highest BCUT2D eigenvalue weighted by atomic mass is 19.1. The zero-order valence-corrected chi connectivity index (χ0v) is 7.34. The Morgan fingerprint density at radius 2 is 2.00 bits per heavy atom. The van der Waals surface area contributed by atoms with Crippen LogP contribution in [-0.4, -0.2) is 24.4 Å². The van der Waals surface area contributed by atoms with Crippen LogP contribution < -0.4 is 14.9 Å². The fourth-order valence-electron chi connectivity index (χ4n) is 1.27. The summed E-state index contributed by atoms with van der Waals surface area (Å²) in [6, 6.07) is 2.64. The summed E-state index contributed by atoms with van der Waals surface area (Å²) in [5.41, 5.74) is -0.204. The van der Waals surface area contributed by atoms with Gasteiger partial charge in [0.05, 0.1) is 0 Å². The van der Waals surface area contributed by atoms with Crippen LogP contribution in [0.1, 0.15) is 0 Å². The molecule has 0 amide bonds. The molecule has 0 bridgehead atoms. The molecule has 0 spiro atoms. The van der Waals surface area contributed by atoms with E-state index in [9.17, 15) is 4.39 Å². The first-order valence-corrected chi connectivity index (χ1v) is 3.96. The van der Waals surface area contributed by atoms with E-state index in [0.29, 0.717) is 0 Å². The molecule has 0 unspecified atom stereocenters. The SMILES string of the molecule is OOB(OO)c1ccc2c(c1F)OCO2. The standard InChI is InChI=1S/C7H6BFO6/c9-6-4(8(14-10)15-11)1-2-5-7(6)13-3-12-5/h1-2,10-11H,3H2. The quantitative estimate of drug-likeness (QED) is 0.427. The number of benzene rings is 1. The minimum Gasteiger partial charge on any atom is -0.453 e. The van der Waals surface area contributed by atoms with Gasteiger partial charge in [-0.05, 0) is 6.07 Å². The third kappa shape index (κ3) is 1.63. The lowest BCUT2D eigenvalue weighted by Gasteiger charge is -2.07. The fraction of sp³-hybridized carbons (Fsp3) is 0.143. The van der Waals surface area contributed by atoms with Crippen LogP contribution in [0, 0.1) is 5.82 Å². The minimum absolute atomic E-state index is 0.0830. The topological polar surface area (TPSA) is 77.4 Å². The average Bonchev–Trinajstić information content (AvgIpc) is 2.71. The second kappa shape index (κ2) is 4.03. The van der Waals surface area contributed by atoms with Gasteiger partial charge in [0.2, 0.25) is 12.5 Å². The van der Waals surface area contributed by atoms with Crippen LogP contribution in [0.5, 0.6) is 11.5 Å². The maximum absolute atomic E-state index is 13.6. The Kier molecular flexibility index (Phi) is 2.74. The van der Waals surface area contributed by atoms with Crippen molar-refractivity contribution in [2.45, 2.75) is 0 Å².